The average Bonchev–Trinajstić information content (AvgIpc) is 3.41. The fraction of sp³-hybridized carbons (Fsp3) is 0.316. The zero-order valence-electron chi connectivity index (χ0n) is 14.8. The third-order valence-corrected chi connectivity index (χ3v) is 5.02. The van der Waals surface area contributed by atoms with Crippen molar-refractivity contribution in [1.82, 2.24) is 14.8 Å². The van der Waals surface area contributed by atoms with Gasteiger partial charge >= 0.3 is 5.97 Å². The minimum atomic E-state index is -1.01. The summed E-state index contributed by atoms with van der Waals surface area (Å²) in [6.45, 7) is 1.25. The summed E-state index contributed by atoms with van der Waals surface area (Å²) in [7, 11) is 0. The van der Waals surface area contributed by atoms with E-state index in [1.165, 1.54) is 0 Å². The predicted octanol–water partition coefficient (Wildman–Crippen LogP) is 3.59. The molecule has 4 rings (SSSR count). The Balaban J connectivity index is 1.85. The highest BCUT2D eigenvalue weighted by Crippen LogP contribution is 2.30. The van der Waals surface area contributed by atoms with Crippen LogP contribution in [-0.2, 0) is 10.5 Å². The van der Waals surface area contributed by atoms with Gasteiger partial charge in [0.2, 0.25) is 0 Å². The lowest BCUT2D eigenvalue weighted by Gasteiger charge is -2.07. The molecule has 0 amide bonds. The summed E-state index contributed by atoms with van der Waals surface area (Å²) in [6, 6.07) is 10.5. The molecule has 1 saturated heterocycles. The van der Waals surface area contributed by atoms with Gasteiger partial charge in [0.15, 0.2) is 17.4 Å². The van der Waals surface area contributed by atoms with E-state index in [1.807, 2.05) is 18.4 Å². The van der Waals surface area contributed by atoms with Crippen LogP contribution >= 0.6 is 11.8 Å². The van der Waals surface area contributed by atoms with Crippen molar-refractivity contribution in [2.24, 2.45) is 0 Å². The SMILES string of the molecule is CSCc1ccc(-c2nc([C@H]3CCOC3)nn2-c2ccccc2C(=O)O)o1. The molecule has 1 atom stereocenters. The molecule has 0 saturated carbocycles. The van der Waals surface area contributed by atoms with E-state index >= 15 is 0 Å². The lowest BCUT2D eigenvalue weighted by atomic mass is 10.1. The van der Waals surface area contributed by atoms with Crippen LogP contribution in [0.3, 0.4) is 0 Å². The number of rotatable bonds is 6. The van der Waals surface area contributed by atoms with Crippen molar-refractivity contribution >= 4 is 17.7 Å². The van der Waals surface area contributed by atoms with Crippen molar-refractivity contribution in [2.45, 2.75) is 18.1 Å². The number of furan rings is 1. The van der Waals surface area contributed by atoms with Crippen molar-refractivity contribution in [3.8, 4) is 17.3 Å². The number of para-hydroxylation sites is 1. The first kappa shape index (κ1) is 17.8. The number of hydrogen-bond acceptors (Lipinski definition) is 6. The van der Waals surface area contributed by atoms with Crippen molar-refractivity contribution in [1.29, 1.82) is 0 Å². The number of carbonyl (C=O) groups is 1. The van der Waals surface area contributed by atoms with Crippen LogP contribution in [0.1, 0.15) is 34.3 Å². The monoisotopic (exact) mass is 385 g/mol. The van der Waals surface area contributed by atoms with Crippen LogP contribution in [-0.4, -0.2) is 45.3 Å². The van der Waals surface area contributed by atoms with Gasteiger partial charge in [0.1, 0.15) is 5.76 Å². The quantitative estimate of drug-likeness (QED) is 0.693. The smallest absolute Gasteiger partial charge is 0.337 e. The summed E-state index contributed by atoms with van der Waals surface area (Å²) in [4.78, 5) is 16.4. The minimum Gasteiger partial charge on any atom is -0.478 e. The van der Waals surface area contributed by atoms with Gasteiger partial charge in [-0.15, -0.1) is 0 Å². The fourth-order valence-electron chi connectivity index (χ4n) is 3.12. The summed E-state index contributed by atoms with van der Waals surface area (Å²) in [6.07, 6.45) is 2.85. The lowest BCUT2D eigenvalue weighted by molar-refractivity contribution is 0.0696. The van der Waals surface area contributed by atoms with E-state index < -0.39 is 5.97 Å². The van der Waals surface area contributed by atoms with Gasteiger partial charge in [0, 0.05) is 12.5 Å². The first-order chi connectivity index (χ1) is 13.2. The van der Waals surface area contributed by atoms with Gasteiger partial charge in [-0.1, -0.05) is 12.1 Å². The number of nitrogens with zero attached hydrogens (tertiary/aromatic N) is 3. The Kier molecular flexibility index (Phi) is 5.00. The molecule has 0 radical (unpaired) electrons. The molecule has 3 aromatic rings. The number of carboxylic acid groups (broad SMARTS) is 1. The van der Waals surface area contributed by atoms with Gasteiger partial charge in [-0.3, -0.25) is 0 Å². The zero-order chi connectivity index (χ0) is 18.8. The summed E-state index contributed by atoms with van der Waals surface area (Å²) in [5.41, 5.74) is 0.620. The van der Waals surface area contributed by atoms with Gasteiger partial charge in [0.25, 0.3) is 0 Å². The minimum absolute atomic E-state index is 0.0996. The molecule has 1 aromatic carbocycles. The van der Waals surface area contributed by atoms with Gasteiger partial charge in [-0.05, 0) is 36.9 Å². The third-order valence-electron chi connectivity index (χ3n) is 4.45. The van der Waals surface area contributed by atoms with E-state index in [-0.39, 0.29) is 11.5 Å². The largest absolute Gasteiger partial charge is 0.478 e. The number of thioether (sulfide) groups is 1. The first-order valence-electron chi connectivity index (χ1n) is 8.63. The molecule has 1 fully saturated rings. The maximum atomic E-state index is 11.7. The van der Waals surface area contributed by atoms with Crippen LogP contribution < -0.4 is 0 Å². The van der Waals surface area contributed by atoms with E-state index in [1.54, 1.807) is 40.7 Å². The topological polar surface area (TPSA) is 90.4 Å². The van der Waals surface area contributed by atoms with E-state index in [0.717, 1.165) is 17.9 Å². The van der Waals surface area contributed by atoms with E-state index in [4.69, 9.17) is 14.1 Å². The van der Waals surface area contributed by atoms with Crippen LogP contribution in [0.4, 0.5) is 0 Å². The highest BCUT2D eigenvalue weighted by molar-refractivity contribution is 7.97. The van der Waals surface area contributed by atoms with E-state index in [2.05, 4.69) is 5.10 Å². The number of benzene rings is 1. The lowest BCUT2D eigenvalue weighted by Crippen LogP contribution is -2.08. The van der Waals surface area contributed by atoms with Crippen molar-refractivity contribution in [2.75, 3.05) is 19.5 Å². The molecular weight excluding hydrogens is 366 g/mol. The summed E-state index contributed by atoms with van der Waals surface area (Å²) < 4.78 is 13.0. The molecule has 1 aliphatic heterocycles. The summed E-state index contributed by atoms with van der Waals surface area (Å²) >= 11 is 1.66. The molecule has 0 aliphatic carbocycles. The summed E-state index contributed by atoms with van der Waals surface area (Å²) in [5, 5.41) is 14.2. The van der Waals surface area contributed by atoms with E-state index in [0.29, 0.717) is 36.3 Å². The van der Waals surface area contributed by atoms with Crippen LogP contribution in [0, 0.1) is 0 Å². The Morgan fingerprint density at radius 3 is 2.93 bits per heavy atom. The Hall–Kier alpha value is -2.58. The molecule has 0 unspecified atom stereocenters. The van der Waals surface area contributed by atoms with Crippen molar-refractivity contribution in [3.63, 3.8) is 0 Å². The fourth-order valence-corrected chi connectivity index (χ4v) is 3.56. The zero-order valence-corrected chi connectivity index (χ0v) is 15.6. The van der Waals surface area contributed by atoms with Crippen LogP contribution in [0.15, 0.2) is 40.8 Å². The van der Waals surface area contributed by atoms with Crippen LogP contribution in [0.25, 0.3) is 17.3 Å². The highest BCUT2D eigenvalue weighted by Gasteiger charge is 2.27. The molecule has 1 aliphatic rings. The molecule has 8 heteroatoms. The highest BCUT2D eigenvalue weighted by atomic mass is 32.2. The molecule has 2 aromatic heterocycles. The molecule has 140 valence electrons. The Morgan fingerprint density at radius 2 is 2.19 bits per heavy atom. The second kappa shape index (κ2) is 7.58. The third kappa shape index (κ3) is 3.50. The van der Waals surface area contributed by atoms with E-state index in [9.17, 15) is 9.90 Å². The first-order valence-corrected chi connectivity index (χ1v) is 10.0. The molecular formula is C19H19N3O4S. The molecule has 0 bridgehead atoms. The van der Waals surface area contributed by atoms with Gasteiger partial charge in [-0.25, -0.2) is 14.5 Å². The number of hydrogen-bond donors (Lipinski definition) is 1. The standard InChI is InChI=1S/C19H19N3O4S/c1-27-11-13-6-7-16(26-13)18-20-17(12-8-9-25-10-12)21-22(18)15-5-3-2-4-14(15)19(23)24/h2-7,12H,8-11H2,1H3,(H,23,24)/t12-/m0/s1. The Labute approximate surface area is 160 Å². The van der Waals surface area contributed by atoms with Crippen molar-refractivity contribution < 1.29 is 19.1 Å². The Morgan fingerprint density at radius 1 is 1.33 bits per heavy atom. The maximum absolute atomic E-state index is 11.7. The van der Waals surface area contributed by atoms with Crippen LogP contribution in [0.5, 0.6) is 0 Å². The van der Waals surface area contributed by atoms with Gasteiger partial charge in [-0.2, -0.15) is 16.9 Å². The number of aromatic nitrogens is 3. The second-order valence-electron chi connectivity index (χ2n) is 6.29. The van der Waals surface area contributed by atoms with Crippen molar-refractivity contribution in [3.05, 3.63) is 53.5 Å². The molecule has 3 heterocycles. The second-order valence-corrected chi connectivity index (χ2v) is 7.15. The Bertz CT molecular complexity index is 960. The maximum Gasteiger partial charge on any atom is 0.337 e. The van der Waals surface area contributed by atoms with Crippen LogP contribution in [0.2, 0.25) is 0 Å². The average molecular weight is 385 g/mol. The van der Waals surface area contributed by atoms with Gasteiger partial charge < -0.3 is 14.3 Å². The predicted molar refractivity (Wildman–Crippen MR) is 101 cm³/mol. The molecule has 0 spiro atoms. The molecule has 27 heavy (non-hydrogen) atoms. The molecule has 7 nitrogen and oxygen atoms in total. The van der Waals surface area contributed by atoms with Gasteiger partial charge in [0.05, 0.1) is 23.6 Å². The normalized spacial score (nSPS) is 16.7. The number of aromatic carboxylic acids is 1. The molecule has 1 N–H and O–H groups in total. The number of carboxylic acids is 1. The summed E-state index contributed by atoms with van der Waals surface area (Å²) in [5.74, 6) is 2.39. The number of ether oxygens (including phenoxy) is 1.